The standard InChI is InChI=1S/C23H23N5O3.C20H17N5O2.C19H17N3.C18H15N5O.C17H13N3.2CO2/c1-15-11-19-20(28(15)18-8-5-16(13-24)6-9-18)12-17(14-25-19)7-10-21(29)26-27-22(30)31-23(2,3)4;1-13-9-18-19(25(13)17-6-3-15(11-21)4-7-17)10-16(12-22-18)5-8-20(27)24-23-14(2)26;1-3-4-5-16-11-19-18(21-13-16)10-14(2)22(19)17-8-6-15(12-20)7-9-17;1-12-8-16-17(9-14(11-21-16)4-7-18(24)22-20)23(12)15-5-2-13(10-19)3-6-15;1-3-13-9-17-16(19-11-13)8-12(2)20(17)15-6-4-14(10-18)5-7-15;2*2-1-3/h5-12,14H,1-4H3,(H,26,29)(H,27,30);3-10,12H,1-2H3,(H,23,26)(H,24,27);4-11,13H,3H2,1-2H3;2-9,11H,20H2,1H3,(H,22,24);3-9,11H,1H2,2H3;;/b10-7+;8-5+;5-4+;7-4+;;;. The molecule has 5 amide bonds. The zero-order valence-electron chi connectivity index (χ0n) is 72.2. The van der Waals surface area contributed by atoms with Crippen LogP contribution in [0, 0.1) is 91.3 Å². The van der Waals surface area contributed by atoms with Gasteiger partial charge in [-0.15, -0.1) is 0 Å². The number of pyridine rings is 5. The Morgan fingerprint density at radius 1 is 0.385 bits per heavy atom. The normalized spacial score (nSPS) is 10.5. The van der Waals surface area contributed by atoms with Crippen molar-refractivity contribution in [3.05, 3.63) is 328 Å². The van der Waals surface area contributed by atoms with Gasteiger partial charge in [0.05, 0.1) is 113 Å². The SMILES string of the molecule is C=Cc1cnc2cc(C)n(-c3ccc(C#N)cc3)c2c1.CC(=O)NNC(=O)/C=C/c1cnc2cc(C)n(-c3ccc(C#N)cc3)c2c1.CC/C=C/c1cnc2cc(C)n(-c3ccc(C#N)cc3)c2c1.Cc1cc2ncc(/C=C/C(=O)NN)cc2n1-c1ccc(C#N)cc1.Cc1cc2ncc(/C=C/C(=O)NNC(=O)OC(C)(C)C)cc2n1-c1ccc(C#N)cc1.O=C=O.O=C=O. The maximum atomic E-state index is 12.0. The topological polar surface area (TPSA) is 457 Å². The number of ether oxygens (including phenoxy) is 1. The highest BCUT2D eigenvalue weighted by atomic mass is 16.6. The summed E-state index contributed by atoms with van der Waals surface area (Å²) in [6.45, 7) is 22.5. The molecule has 10 aromatic heterocycles. The number of rotatable bonds is 14. The number of carbonyl (C=O) groups excluding carboxylic acids is 9. The summed E-state index contributed by atoms with van der Waals surface area (Å²) < 4.78 is 15.5. The molecule has 0 radical (unpaired) electrons. The van der Waals surface area contributed by atoms with Crippen molar-refractivity contribution < 1.29 is 47.9 Å². The summed E-state index contributed by atoms with van der Waals surface area (Å²) >= 11 is 0. The van der Waals surface area contributed by atoms with E-state index in [2.05, 4.69) is 148 Å². The van der Waals surface area contributed by atoms with Crippen LogP contribution < -0.4 is 33.0 Å². The first-order valence-corrected chi connectivity index (χ1v) is 39.7. The maximum Gasteiger partial charge on any atom is 0.426 e. The second kappa shape index (κ2) is 45.6. The summed E-state index contributed by atoms with van der Waals surface area (Å²) in [5, 5.41) is 44.7. The van der Waals surface area contributed by atoms with Crippen LogP contribution in [0.15, 0.2) is 244 Å². The molecule has 646 valence electrons. The third-order valence-corrected chi connectivity index (χ3v) is 18.8. The van der Waals surface area contributed by atoms with Gasteiger partial charge in [0.25, 0.3) is 17.7 Å². The lowest BCUT2D eigenvalue weighted by Crippen LogP contribution is -2.43. The molecule has 0 aliphatic heterocycles. The Bertz CT molecular complexity index is 7120. The summed E-state index contributed by atoms with van der Waals surface area (Å²) in [5.74, 6) is 3.38. The number of nitrogens with one attached hydrogen (secondary N) is 5. The van der Waals surface area contributed by atoms with Gasteiger partial charge in [-0.1, -0.05) is 31.7 Å². The van der Waals surface area contributed by atoms with Crippen molar-refractivity contribution >= 4 is 128 Å². The van der Waals surface area contributed by atoms with E-state index in [0.717, 1.165) is 141 Å². The molecule has 0 bridgehead atoms. The summed E-state index contributed by atoms with van der Waals surface area (Å²) in [6.07, 6.45) is 24.4. The first-order valence-electron chi connectivity index (χ1n) is 39.7. The van der Waals surface area contributed by atoms with Crippen LogP contribution in [0.25, 0.3) is 114 Å². The van der Waals surface area contributed by atoms with Gasteiger partial charge in [0.15, 0.2) is 0 Å². The Morgan fingerprint density at radius 2 is 0.623 bits per heavy atom. The molecule has 0 aliphatic rings. The number of benzene rings is 5. The van der Waals surface area contributed by atoms with E-state index in [-0.39, 0.29) is 24.1 Å². The van der Waals surface area contributed by atoms with Crippen LogP contribution in [0.1, 0.15) is 125 Å². The van der Waals surface area contributed by atoms with Crippen molar-refractivity contribution in [1.29, 1.82) is 26.3 Å². The van der Waals surface area contributed by atoms with E-state index in [1.807, 2.05) is 176 Å². The molecule has 0 saturated heterocycles. The molecule has 15 rings (SSSR count). The lowest BCUT2D eigenvalue weighted by molar-refractivity contribution is -0.193. The largest absolute Gasteiger partial charge is 0.443 e. The number of hydrogen-bond acceptors (Lipinski definition) is 21. The molecule has 31 nitrogen and oxygen atoms in total. The van der Waals surface area contributed by atoms with E-state index in [4.69, 9.17) is 56.1 Å². The highest BCUT2D eigenvalue weighted by Gasteiger charge is 2.19. The summed E-state index contributed by atoms with van der Waals surface area (Å²) in [4.78, 5) is 112. The summed E-state index contributed by atoms with van der Waals surface area (Å²) in [6, 6.07) is 67.8. The number of aryl methyl sites for hydroxylation is 5. The molecule has 5 aromatic carbocycles. The smallest absolute Gasteiger partial charge is 0.426 e. The molecule has 7 N–H and O–H groups in total. The quantitative estimate of drug-likeness (QED) is 0.0255. The first-order chi connectivity index (χ1) is 62.5. The van der Waals surface area contributed by atoms with Crippen molar-refractivity contribution in [2.45, 2.75) is 81.3 Å². The number of amides is 5. The van der Waals surface area contributed by atoms with Gasteiger partial charge in [-0.05, 0) is 290 Å². The number of hydrazine groups is 3. The van der Waals surface area contributed by atoms with Gasteiger partial charge in [-0.25, -0.2) is 16.1 Å². The van der Waals surface area contributed by atoms with Gasteiger partial charge in [-0.2, -0.15) is 45.5 Å². The van der Waals surface area contributed by atoms with Crippen LogP contribution >= 0.6 is 0 Å². The van der Waals surface area contributed by atoms with Gasteiger partial charge >= 0.3 is 18.4 Å². The fourth-order valence-electron chi connectivity index (χ4n) is 13.2. The van der Waals surface area contributed by atoms with Crippen LogP contribution in [0.2, 0.25) is 0 Å². The lowest BCUT2D eigenvalue weighted by atomic mass is 10.2. The Kier molecular flexibility index (Phi) is 33.5. The third-order valence-electron chi connectivity index (χ3n) is 18.8. The van der Waals surface area contributed by atoms with Crippen LogP contribution in [0.4, 0.5) is 4.79 Å². The Morgan fingerprint density at radius 3 is 0.854 bits per heavy atom. The van der Waals surface area contributed by atoms with E-state index in [1.54, 1.807) is 100 Å². The van der Waals surface area contributed by atoms with Gasteiger partial charge in [0.2, 0.25) is 5.91 Å². The molecular formula is C99H85N21O10. The summed E-state index contributed by atoms with van der Waals surface area (Å²) in [5.41, 5.74) is 37.2. The van der Waals surface area contributed by atoms with Crippen LogP contribution in [0.5, 0.6) is 0 Å². The maximum absolute atomic E-state index is 12.0. The lowest BCUT2D eigenvalue weighted by Gasteiger charge is -2.19. The molecule has 15 aromatic rings. The minimum Gasteiger partial charge on any atom is -0.443 e. The van der Waals surface area contributed by atoms with Crippen molar-refractivity contribution in [3.63, 3.8) is 0 Å². The fraction of sp³-hybridized carbons (Fsp3) is 0.121. The molecule has 130 heavy (non-hydrogen) atoms. The van der Waals surface area contributed by atoms with Crippen LogP contribution in [0.3, 0.4) is 0 Å². The van der Waals surface area contributed by atoms with Gasteiger partial charge in [0.1, 0.15) is 5.60 Å². The number of aromatic nitrogens is 10. The highest BCUT2D eigenvalue weighted by molar-refractivity contribution is 5.95. The van der Waals surface area contributed by atoms with E-state index in [1.165, 1.54) is 25.2 Å². The number of nitriles is 5. The Balaban J connectivity index is 0.000000181. The van der Waals surface area contributed by atoms with Crippen molar-refractivity contribution in [3.8, 4) is 58.8 Å². The van der Waals surface area contributed by atoms with Gasteiger partial charge in [0, 0.05) is 113 Å². The van der Waals surface area contributed by atoms with Crippen LogP contribution in [-0.4, -0.2) is 95.4 Å². The van der Waals surface area contributed by atoms with Crippen LogP contribution in [-0.2, 0) is 43.1 Å². The number of hydrogen-bond donors (Lipinski definition) is 6. The minimum absolute atomic E-state index is 0.250. The number of fused-ring (bicyclic) bond motifs is 5. The molecule has 0 saturated carbocycles. The van der Waals surface area contributed by atoms with E-state index >= 15 is 0 Å². The monoisotopic (exact) mass is 1730 g/mol. The average molecular weight is 1730 g/mol. The zero-order valence-corrected chi connectivity index (χ0v) is 72.2. The zero-order chi connectivity index (χ0) is 94.1. The molecule has 0 spiro atoms. The van der Waals surface area contributed by atoms with Gasteiger partial charge in [-0.3, -0.25) is 65.8 Å². The molecule has 31 heteroatoms. The minimum atomic E-state index is -0.743. The molecule has 0 atom stereocenters. The van der Waals surface area contributed by atoms with Crippen molar-refractivity contribution in [2.75, 3.05) is 0 Å². The highest BCUT2D eigenvalue weighted by Crippen LogP contribution is 2.31. The fourth-order valence-corrected chi connectivity index (χ4v) is 13.2. The van der Waals surface area contributed by atoms with E-state index in [0.29, 0.717) is 33.4 Å². The molecule has 0 aliphatic carbocycles. The number of nitrogens with two attached hydrogens (primary N) is 1. The molecular weight excluding hydrogens is 1640 g/mol. The molecule has 0 unspecified atom stereocenters. The van der Waals surface area contributed by atoms with E-state index < -0.39 is 23.5 Å². The third kappa shape index (κ3) is 25.6. The number of nitrogens with zero attached hydrogens (tertiary/aromatic N) is 15. The predicted molar refractivity (Wildman–Crippen MR) is 491 cm³/mol. The Labute approximate surface area is 746 Å². The molecule has 0 fully saturated rings. The number of allylic oxidation sites excluding steroid dienone is 1. The van der Waals surface area contributed by atoms with E-state index in [9.17, 15) is 24.0 Å². The number of carbonyl (C=O) groups is 5. The van der Waals surface area contributed by atoms with Gasteiger partial charge < -0.3 is 27.6 Å². The first kappa shape index (κ1) is 95.4. The van der Waals surface area contributed by atoms with Crippen molar-refractivity contribution in [2.24, 2.45) is 5.84 Å². The molecule has 10 heterocycles. The summed E-state index contributed by atoms with van der Waals surface area (Å²) in [7, 11) is 0. The van der Waals surface area contributed by atoms with Crippen molar-refractivity contribution in [1.82, 2.24) is 74.9 Å². The second-order valence-electron chi connectivity index (χ2n) is 29.2. The predicted octanol–water partition coefficient (Wildman–Crippen LogP) is 15.7. The second-order valence-corrected chi connectivity index (χ2v) is 29.2. The Hall–Kier alpha value is -18.4. The average Bonchev–Trinajstić information content (AvgIpc) is 1.66.